The van der Waals surface area contributed by atoms with Crippen LogP contribution in [0.1, 0.15) is 47.4 Å². The molecule has 0 spiro atoms. The van der Waals surface area contributed by atoms with Gasteiger partial charge >= 0.3 is 6.18 Å². The summed E-state index contributed by atoms with van der Waals surface area (Å²) in [5, 5.41) is 9.99. The quantitative estimate of drug-likeness (QED) is 0.245. The number of amides is 2. The highest BCUT2D eigenvalue weighted by Gasteiger charge is 2.34. The number of pyridine rings is 1. The molecular weight excluding hydrogens is 569 g/mol. The van der Waals surface area contributed by atoms with Crippen molar-refractivity contribution in [2.24, 2.45) is 0 Å². The molecular formula is C30H28ClF3N6O2. The summed E-state index contributed by atoms with van der Waals surface area (Å²) in [6.45, 7) is 0. The molecule has 1 saturated carbocycles. The van der Waals surface area contributed by atoms with E-state index in [1.807, 2.05) is 30.3 Å². The average Bonchev–Trinajstić information content (AvgIpc) is 2.98. The lowest BCUT2D eigenvalue weighted by molar-refractivity contribution is -0.140. The molecule has 0 saturated heterocycles. The third-order valence-electron chi connectivity index (χ3n) is 7.19. The van der Waals surface area contributed by atoms with Gasteiger partial charge in [0, 0.05) is 47.0 Å². The maximum absolute atomic E-state index is 13.5. The summed E-state index contributed by atoms with van der Waals surface area (Å²) in [7, 11) is 0. The molecule has 3 N–H and O–H groups in total. The van der Waals surface area contributed by atoms with Gasteiger partial charge in [-0.25, -0.2) is 9.97 Å². The molecule has 0 bridgehead atoms. The Labute approximate surface area is 245 Å². The normalized spacial score (nSPS) is 17.8. The van der Waals surface area contributed by atoms with Gasteiger partial charge in [-0.1, -0.05) is 41.9 Å². The van der Waals surface area contributed by atoms with E-state index in [2.05, 4.69) is 30.9 Å². The molecule has 1 fully saturated rings. The van der Waals surface area contributed by atoms with Crippen LogP contribution in [0.3, 0.4) is 0 Å². The Hall–Kier alpha value is -4.25. The van der Waals surface area contributed by atoms with E-state index >= 15 is 0 Å². The van der Waals surface area contributed by atoms with E-state index in [0.29, 0.717) is 41.8 Å². The van der Waals surface area contributed by atoms with Crippen LogP contribution in [0.5, 0.6) is 0 Å². The minimum Gasteiger partial charge on any atom is -0.382 e. The van der Waals surface area contributed by atoms with Crippen molar-refractivity contribution < 1.29 is 22.8 Å². The predicted molar refractivity (Wildman–Crippen MR) is 153 cm³/mol. The predicted octanol–water partition coefficient (Wildman–Crippen LogP) is 5.58. The van der Waals surface area contributed by atoms with Gasteiger partial charge in [-0.05, 0) is 55.5 Å². The summed E-state index contributed by atoms with van der Waals surface area (Å²) >= 11 is 6.12. The van der Waals surface area contributed by atoms with Crippen molar-refractivity contribution in [3.63, 3.8) is 0 Å². The van der Waals surface area contributed by atoms with Crippen molar-refractivity contribution in [2.75, 3.05) is 5.32 Å². The number of carbonyl (C=O) groups excluding carboxylic acids is 2. The van der Waals surface area contributed by atoms with Crippen LogP contribution in [-0.2, 0) is 17.4 Å². The lowest BCUT2D eigenvalue weighted by Gasteiger charge is -2.32. The molecule has 12 heteroatoms. The van der Waals surface area contributed by atoms with Gasteiger partial charge in [0.2, 0.25) is 5.91 Å². The molecule has 0 aliphatic heterocycles. The highest BCUT2D eigenvalue weighted by atomic mass is 35.5. The molecule has 42 heavy (non-hydrogen) atoms. The van der Waals surface area contributed by atoms with Crippen LogP contribution in [0, 0.1) is 0 Å². The van der Waals surface area contributed by atoms with Crippen LogP contribution in [0.4, 0.5) is 18.9 Å². The Kier molecular flexibility index (Phi) is 8.86. The number of hydrogen-bond acceptors (Lipinski definition) is 6. The van der Waals surface area contributed by atoms with E-state index in [9.17, 15) is 22.8 Å². The molecule has 4 aromatic rings. The van der Waals surface area contributed by atoms with E-state index in [4.69, 9.17) is 11.6 Å². The smallest absolute Gasteiger partial charge is 0.382 e. The van der Waals surface area contributed by atoms with E-state index in [1.54, 1.807) is 6.07 Å². The van der Waals surface area contributed by atoms with Crippen molar-refractivity contribution in [1.29, 1.82) is 0 Å². The van der Waals surface area contributed by atoms with Gasteiger partial charge in [0.1, 0.15) is 17.4 Å². The number of nitrogens with zero attached hydrogens (tertiary/aromatic N) is 3. The average molecular weight is 597 g/mol. The molecule has 2 aromatic carbocycles. The number of halogens is 4. The number of aromatic nitrogens is 3. The molecule has 8 nitrogen and oxygen atoms in total. The van der Waals surface area contributed by atoms with Crippen molar-refractivity contribution in [3.05, 3.63) is 95.2 Å². The number of alkyl halides is 3. The van der Waals surface area contributed by atoms with Crippen LogP contribution < -0.4 is 16.0 Å². The lowest BCUT2D eigenvalue weighted by Crippen LogP contribution is -2.51. The van der Waals surface area contributed by atoms with Gasteiger partial charge in [-0.15, -0.1) is 0 Å². The zero-order valence-electron chi connectivity index (χ0n) is 22.4. The van der Waals surface area contributed by atoms with Gasteiger partial charge in [0.15, 0.2) is 0 Å². The Bertz CT molecular complexity index is 1550. The number of nitrogens with one attached hydrogen (secondary N) is 3. The third-order valence-corrected chi connectivity index (χ3v) is 7.43. The summed E-state index contributed by atoms with van der Waals surface area (Å²) in [5.74, 6) is -0.827. The van der Waals surface area contributed by atoms with Gasteiger partial charge in [0.25, 0.3) is 5.91 Å². The number of benzene rings is 2. The van der Waals surface area contributed by atoms with E-state index < -0.39 is 23.8 Å². The summed E-state index contributed by atoms with van der Waals surface area (Å²) in [6.07, 6.45) is 2.33. The monoisotopic (exact) mass is 596 g/mol. The number of carbonyl (C=O) groups is 2. The second kappa shape index (κ2) is 12.7. The van der Waals surface area contributed by atoms with Crippen LogP contribution >= 0.6 is 11.6 Å². The fraction of sp³-hybridized carbons (Fsp3) is 0.300. The Balaban J connectivity index is 1.24. The maximum Gasteiger partial charge on any atom is 0.433 e. The van der Waals surface area contributed by atoms with Crippen molar-refractivity contribution in [1.82, 2.24) is 25.6 Å². The van der Waals surface area contributed by atoms with Gasteiger partial charge in [-0.3, -0.25) is 14.6 Å². The number of anilines is 1. The summed E-state index contributed by atoms with van der Waals surface area (Å²) in [6, 6.07) is 13.8. The molecule has 2 aromatic heterocycles. The van der Waals surface area contributed by atoms with Gasteiger partial charge in [-0.2, -0.15) is 13.2 Å². The summed E-state index contributed by atoms with van der Waals surface area (Å²) < 4.78 is 40.5. The largest absolute Gasteiger partial charge is 0.433 e. The highest BCUT2D eigenvalue weighted by Crippen LogP contribution is 2.35. The first-order valence-electron chi connectivity index (χ1n) is 13.5. The fourth-order valence-electron chi connectivity index (χ4n) is 5.07. The molecule has 0 radical (unpaired) electrons. The number of rotatable bonds is 8. The summed E-state index contributed by atoms with van der Waals surface area (Å²) in [4.78, 5) is 37.8. The number of fused-ring (bicyclic) bond motifs is 1. The lowest BCUT2D eigenvalue weighted by atomic mass is 9.90. The molecule has 1 aliphatic rings. The zero-order chi connectivity index (χ0) is 29.7. The van der Waals surface area contributed by atoms with Gasteiger partial charge < -0.3 is 16.0 Å². The van der Waals surface area contributed by atoms with Crippen LogP contribution in [0.15, 0.2) is 73.2 Å². The SMILES string of the molecule is O=C(N[C@@H](Cc1ccccc1)C(=O)N[C@H]1CC[C@@H](Nc2cc(C(F)(F)F)nc3ccc(Cl)cc23)CC1)c1cnccn1. The topological polar surface area (TPSA) is 109 Å². The molecule has 1 atom stereocenters. The van der Waals surface area contributed by atoms with Gasteiger partial charge in [0.05, 0.1) is 11.7 Å². The summed E-state index contributed by atoms with van der Waals surface area (Å²) in [5.41, 5.74) is 0.526. The van der Waals surface area contributed by atoms with Crippen molar-refractivity contribution in [3.8, 4) is 0 Å². The first-order chi connectivity index (χ1) is 20.2. The second-order valence-electron chi connectivity index (χ2n) is 10.2. The first kappa shape index (κ1) is 29.2. The highest BCUT2D eigenvalue weighted by molar-refractivity contribution is 6.31. The number of hydrogen-bond donors (Lipinski definition) is 3. The third kappa shape index (κ3) is 7.33. The van der Waals surface area contributed by atoms with Crippen LogP contribution in [0.25, 0.3) is 10.9 Å². The molecule has 2 heterocycles. The first-order valence-corrected chi connectivity index (χ1v) is 13.9. The Morgan fingerprint density at radius 3 is 2.40 bits per heavy atom. The van der Waals surface area contributed by atoms with Crippen molar-refractivity contribution in [2.45, 2.75) is 56.4 Å². The van der Waals surface area contributed by atoms with E-state index in [0.717, 1.165) is 11.6 Å². The minimum absolute atomic E-state index is 0.105. The maximum atomic E-state index is 13.5. The molecule has 5 rings (SSSR count). The standard InChI is InChI=1S/C30H28ClF3N6O2/c31-19-6-11-23-22(15-19)24(16-27(39-23)30(32,33)34)37-20-7-9-21(10-8-20)38-28(41)25(14-18-4-2-1-3-5-18)40-29(42)26-17-35-12-13-36-26/h1-6,11-13,15-17,20-21,25H,7-10,14H2,(H,37,39)(H,38,41)(H,40,42)/t20-,21+,25-/m0/s1. The molecule has 1 aliphatic carbocycles. The fourth-order valence-corrected chi connectivity index (χ4v) is 5.25. The van der Waals surface area contributed by atoms with Crippen molar-refractivity contribution >= 4 is 40.0 Å². The Morgan fingerprint density at radius 1 is 0.976 bits per heavy atom. The molecule has 0 unspecified atom stereocenters. The molecule has 2 amide bonds. The second-order valence-corrected chi connectivity index (χ2v) is 10.7. The van der Waals surface area contributed by atoms with Crippen LogP contribution in [-0.4, -0.2) is 44.9 Å². The van der Waals surface area contributed by atoms with Crippen LogP contribution in [0.2, 0.25) is 5.02 Å². The van der Waals surface area contributed by atoms with E-state index in [-0.39, 0.29) is 35.6 Å². The molecule has 218 valence electrons. The Morgan fingerprint density at radius 2 is 1.71 bits per heavy atom. The van der Waals surface area contributed by atoms with E-state index in [1.165, 1.54) is 30.7 Å². The minimum atomic E-state index is -4.59. The zero-order valence-corrected chi connectivity index (χ0v) is 23.1.